The minimum atomic E-state index is 0. The third-order valence-electron chi connectivity index (χ3n) is 11.9. The SMILES string of the molecule is CC(C)(C)c1cc2c(cc1-c1ccccc1)[cH-]c1cc(-c3ccccc3)c(C(C)(C)C)cc12.[C-]1=CC=CC1.[Cl-].[Cl-].[Zr+2]=[C](CC1CCCCC1)CC1CCCCC1. The van der Waals surface area contributed by atoms with Gasteiger partial charge < -0.3 is 24.8 Å². The maximum atomic E-state index is 2.99. The van der Waals surface area contributed by atoms with E-state index in [1.54, 1.807) is 24.2 Å². The van der Waals surface area contributed by atoms with E-state index in [-0.39, 0.29) is 35.6 Å². The van der Waals surface area contributed by atoms with Crippen molar-refractivity contribution in [2.75, 3.05) is 0 Å². The summed E-state index contributed by atoms with van der Waals surface area (Å²) in [6.07, 6.45) is 28.2. The van der Waals surface area contributed by atoms with E-state index in [1.807, 2.05) is 15.4 Å². The van der Waals surface area contributed by atoms with Gasteiger partial charge in [0.25, 0.3) is 0 Å². The number of allylic oxidation sites excluding steroid dienone is 4. The van der Waals surface area contributed by atoms with Gasteiger partial charge in [-0.15, -0.1) is 46.2 Å². The van der Waals surface area contributed by atoms with Crippen molar-refractivity contribution in [3.8, 4) is 22.3 Å². The molecule has 2 fully saturated rings. The van der Waals surface area contributed by atoms with E-state index in [9.17, 15) is 0 Å². The predicted octanol–water partition coefficient (Wildman–Crippen LogP) is 9.60. The summed E-state index contributed by atoms with van der Waals surface area (Å²) in [5, 5.41) is 5.36. The van der Waals surface area contributed by atoms with Crippen molar-refractivity contribution in [2.24, 2.45) is 11.8 Å². The molecule has 0 radical (unpaired) electrons. The van der Waals surface area contributed by atoms with Gasteiger partial charge in [0.1, 0.15) is 0 Å². The Morgan fingerprint density at radius 3 is 1.34 bits per heavy atom. The fourth-order valence-electron chi connectivity index (χ4n) is 8.96. The first-order valence-corrected chi connectivity index (χ1v) is 22.3. The molecule has 0 unspecified atom stereocenters. The van der Waals surface area contributed by atoms with Gasteiger partial charge in [0.05, 0.1) is 0 Å². The molecule has 0 atom stereocenters. The van der Waals surface area contributed by atoms with Gasteiger partial charge in [0.2, 0.25) is 0 Å². The van der Waals surface area contributed by atoms with Crippen LogP contribution >= 0.6 is 0 Å². The van der Waals surface area contributed by atoms with Crippen LogP contribution in [-0.4, -0.2) is 3.21 Å². The molecule has 296 valence electrons. The fourth-order valence-corrected chi connectivity index (χ4v) is 10.4. The Labute approximate surface area is 367 Å². The van der Waals surface area contributed by atoms with Crippen LogP contribution in [-0.2, 0) is 35.1 Å². The standard InChI is InChI=1S/C33H33.C15H26.C5H5.2ClH.Zr/c1-32(2,3)30-20-26-24(18-28(30)22-13-9-7-10-14-22)17-25-19-29(23-15-11-8-12-16-23)31(21-27(25)26)33(4,5)6;1-3-8-14(9-4-1)12-7-13-15-10-5-2-6-11-15;1-2-4-5-3-1;;;/h7-21H,1-6H3;14-15H,1-6,8-13H2;1-3H,4H2;2*1H;/q-1;;-1;;;+2/p-2. The number of halogens is 2. The van der Waals surface area contributed by atoms with Gasteiger partial charge in [-0.05, 0) is 44.2 Å². The molecule has 3 heteroatoms. The van der Waals surface area contributed by atoms with E-state index >= 15 is 0 Å². The molecule has 0 aliphatic heterocycles. The van der Waals surface area contributed by atoms with Crippen LogP contribution < -0.4 is 24.8 Å². The van der Waals surface area contributed by atoms with Gasteiger partial charge in [-0.1, -0.05) is 114 Å². The van der Waals surface area contributed by atoms with Crippen LogP contribution in [0.5, 0.6) is 0 Å². The van der Waals surface area contributed by atoms with Crippen LogP contribution in [0.1, 0.15) is 136 Å². The van der Waals surface area contributed by atoms with Crippen LogP contribution in [0, 0.1) is 17.9 Å². The fraction of sp³-hybridized carbons (Fsp3) is 0.434. The van der Waals surface area contributed by atoms with E-state index < -0.39 is 0 Å². The molecule has 3 aliphatic rings. The number of hydrogen-bond donors (Lipinski definition) is 0. The van der Waals surface area contributed by atoms with E-state index in [1.165, 1.54) is 132 Å². The Bertz CT molecular complexity index is 1880. The monoisotopic (exact) mass is 860 g/mol. The van der Waals surface area contributed by atoms with E-state index in [0.717, 1.165) is 18.3 Å². The molecule has 0 heterocycles. The van der Waals surface area contributed by atoms with Gasteiger partial charge >= 0.3 is 116 Å². The van der Waals surface area contributed by atoms with E-state index in [4.69, 9.17) is 0 Å². The van der Waals surface area contributed by atoms with Gasteiger partial charge in [-0.2, -0.15) is 6.08 Å². The van der Waals surface area contributed by atoms with Crippen LogP contribution in [0.3, 0.4) is 0 Å². The molecule has 0 bridgehead atoms. The Kier molecular flexibility index (Phi) is 17.8. The van der Waals surface area contributed by atoms with Crippen molar-refractivity contribution in [2.45, 2.75) is 136 Å². The molecule has 0 aromatic heterocycles. The minimum absolute atomic E-state index is 0. The second-order valence-corrected chi connectivity index (χ2v) is 20.1. The Morgan fingerprint density at radius 1 is 0.607 bits per heavy atom. The van der Waals surface area contributed by atoms with Gasteiger partial charge in [-0.25, -0.2) is 12.2 Å². The van der Waals surface area contributed by atoms with E-state index in [0.29, 0.717) is 0 Å². The second-order valence-electron chi connectivity index (χ2n) is 18.4. The third-order valence-corrected chi connectivity index (χ3v) is 12.9. The average molecular weight is 863 g/mol. The molecule has 3 aliphatic carbocycles. The summed E-state index contributed by atoms with van der Waals surface area (Å²) in [6.45, 7) is 13.9. The van der Waals surface area contributed by atoms with Gasteiger partial charge in [0, 0.05) is 0 Å². The van der Waals surface area contributed by atoms with Crippen molar-refractivity contribution >= 4 is 24.8 Å². The summed E-state index contributed by atoms with van der Waals surface area (Å²) < 4.78 is 1.91. The molecule has 56 heavy (non-hydrogen) atoms. The number of fused-ring (bicyclic) bond motifs is 3. The maximum absolute atomic E-state index is 2.99. The zero-order valence-electron chi connectivity index (χ0n) is 35.0. The molecule has 0 N–H and O–H groups in total. The molecule has 0 nitrogen and oxygen atoms in total. The number of hydrogen-bond acceptors (Lipinski definition) is 0. The molecule has 0 spiro atoms. The summed E-state index contributed by atoms with van der Waals surface area (Å²) in [5.74, 6) is 2.15. The Morgan fingerprint density at radius 2 is 1.02 bits per heavy atom. The first-order chi connectivity index (χ1) is 26.0. The summed E-state index contributed by atoms with van der Waals surface area (Å²) >= 11 is 1.75. The normalized spacial score (nSPS) is 16.0. The second kappa shape index (κ2) is 21.5. The Hall–Kier alpha value is -2.44. The van der Waals surface area contributed by atoms with Crippen LogP contribution in [0.4, 0.5) is 0 Å². The van der Waals surface area contributed by atoms with Gasteiger partial charge in [-0.3, -0.25) is 6.08 Å². The van der Waals surface area contributed by atoms with Crippen molar-refractivity contribution < 1.29 is 49.0 Å². The topological polar surface area (TPSA) is 0 Å². The molecule has 2 saturated carbocycles. The average Bonchev–Trinajstić information content (AvgIpc) is 3.87. The first-order valence-electron chi connectivity index (χ1n) is 21.1. The molecular formula is C53H64Cl2Zr-2. The third kappa shape index (κ3) is 12.5. The van der Waals surface area contributed by atoms with E-state index in [2.05, 4.69) is 145 Å². The summed E-state index contributed by atoms with van der Waals surface area (Å²) in [4.78, 5) is 0. The zero-order chi connectivity index (χ0) is 38.1. The zero-order valence-corrected chi connectivity index (χ0v) is 39.0. The van der Waals surface area contributed by atoms with Crippen molar-refractivity contribution in [3.05, 3.63) is 126 Å². The van der Waals surface area contributed by atoms with Crippen LogP contribution in [0.2, 0.25) is 0 Å². The molecule has 0 amide bonds. The van der Waals surface area contributed by atoms with Crippen LogP contribution in [0.15, 0.2) is 109 Å². The summed E-state index contributed by atoms with van der Waals surface area (Å²) in [5.41, 5.74) is 8.16. The summed E-state index contributed by atoms with van der Waals surface area (Å²) in [7, 11) is 0. The molecule has 8 rings (SSSR count). The van der Waals surface area contributed by atoms with Crippen molar-refractivity contribution in [3.63, 3.8) is 0 Å². The van der Waals surface area contributed by atoms with Crippen LogP contribution in [0.25, 0.3) is 43.8 Å². The quantitative estimate of drug-likeness (QED) is 0.149. The molecule has 5 aromatic carbocycles. The first kappa shape index (κ1) is 46.3. The number of benzene rings is 4. The molecule has 5 aromatic rings. The van der Waals surface area contributed by atoms with Crippen molar-refractivity contribution in [1.29, 1.82) is 0 Å². The summed E-state index contributed by atoms with van der Waals surface area (Å²) in [6, 6.07) is 33.7. The molecule has 0 saturated heterocycles. The molecular weight excluding hydrogens is 799 g/mol. The predicted molar refractivity (Wildman–Crippen MR) is 234 cm³/mol. The number of rotatable bonds is 6. The Balaban J connectivity index is 0.000000252. The van der Waals surface area contributed by atoms with Gasteiger partial charge in [0.15, 0.2) is 0 Å². The van der Waals surface area contributed by atoms with Crippen molar-refractivity contribution in [1.82, 2.24) is 0 Å².